The first-order chi connectivity index (χ1) is 4.68. The van der Waals surface area contributed by atoms with Crippen molar-refractivity contribution in [1.82, 2.24) is 0 Å². The van der Waals surface area contributed by atoms with Crippen molar-refractivity contribution in [3.05, 3.63) is 0 Å². The van der Waals surface area contributed by atoms with E-state index in [2.05, 4.69) is 0 Å². The lowest BCUT2D eigenvalue weighted by molar-refractivity contribution is -0.139. The van der Waals surface area contributed by atoms with Gasteiger partial charge in [0.1, 0.15) is 0 Å². The molecular weight excluding hydrogens is 159 g/mol. The summed E-state index contributed by atoms with van der Waals surface area (Å²) >= 11 is 0.683. The lowest BCUT2D eigenvalue weighted by Gasteiger charge is -1.99. The number of aliphatic hydroxyl groups excluding tert-OH is 1. The zero-order valence-electron chi connectivity index (χ0n) is 5.29. The van der Waals surface area contributed by atoms with Crippen LogP contribution in [0.1, 0.15) is 6.42 Å². The summed E-state index contributed by atoms with van der Waals surface area (Å²) in [4.78, 5) is 9.84. The predicted octanol–water partition coefficient (Wildman–Crippen LogP) is 0.482. The molecule has 0 radical (unpaired) electrons. The van der Waals surface area contributed by atoms with Crippen LogP contribution in [0.4, 0.5) is 4.39 Å². The molecule has 0 heterocycles. The first kappa shape index (κ1) is 9.71. The van der Waals surface area contributed by atoms with Gasteiger partial charge in [-0.25, -0.2) is 9.18 Å². The van der Waals surface area contributed by atoms with Gasteiger partial charge in [0.25, 0.3) is 0 Å². The van der Waals surface area contributed by atoms with Gasteiger partial charge in [0.15, 0.2) is 0 Å². The normalized spacial score (nSPS) is 13.0. The molecule has 0 aliphatic carbocycles. The lowest BCUT2D eigenvalue weighted by atomic mass is 10.5. The number of halogens is 1. The number of rotatable bonds is 5. The van der Waals surface area contributed by atoms with Crippen molar-refractivity contribution in [1.29, 1.82) is 0 Å². The van der Waals surface area contributed by atoms with E-state index in [4.69, 9.17) is 10.2 Å². The maximum atomic E-state index is 12.1. The average molecular weight is 168 g/mol. The van der Waals surface area contributed by atoms with E-state index in [-0.39, 0.29) is 6.61 Å². The minimum Gasteiger partial charge on any atom is -0.478 e. The molecule has 2 N–H and O–H groups in total. The van der Waals surface area contributed by atoms with Gasteiger partial charge in [-0.15, -0.1) is 11.8 Å². The lowest BCUT2D eigenvalue weighted by Crippen LogP contribution is -2.10. The van der Waals surface area contributed by atoms with Crippen LogP contribution >= 0.6 is 11.8 Å². The quantitative estimate of drug-likeness (QED) is 0.586. The van der Waals surface area contributed by atoms with Gasteiger partial charge in [-0.3, -0.25) is 0 Å². The van der Waals surface area contributed by atoms with Gasteiger partial charge < -0.3 is 10.2 Å². The number of carbonyl (C=O) groups is 1. The fourth-order valence-electron chi connectivity index (χ4n) is 0.323. The maximum absolute atomic E-state index is 12.1. The van der Waals surface area contributed by atoms with Crippen molar-refractivity contribution in [2.45, 2.75) is 11.9 Å². The van der Waals surface area contributed by atoms with Crippen LogP contribution in [0, 0.1) is 0 Å². The number of carboxylic acids is 1. The van der Waals surface area contributed by atoms with E-state index < -0.39 is 11.5 Å². The Morgan fingerprint density at radius 1 is 1.70 bits per heavy atom. The molecule has 0 aromatic heterocycles. The second-order valence-corrected chi connectivity index (χ2v) is 2.76. The largest absolute Gasteiger partial charge is 0.478 e. The Morgan fingerprint density at radius 2 is 2.30 bits per heavy atom. The summed E-state index contributed by atoms with van der Waals surface area (Å²) in [5.74, 6) is -1.12. The molecule has 0 saturated heterocycles. The summed E-state index contributed by atoms with van der Waals surface area (Å²) in [6, 6.07) is 0. The van der Waals surface area contributed by atoms with Crippen LogP contribution in [-0.2, 0) is 4.79 Å². The zero-order chi connectivity index (χ0) is 7.98. The summed E-state index contributed by atoms with van der Waals surface area (Å²) in [5.41, 5.74) is -1.86. The topological polar surface area (TPSA) is 57.5 Å². The molecule has 0 aromatic rings. The van der Waals surface area contributed by atoms with Crippen molar-refractivity contribution in [2.24, 2.45) is 0 Å². The Hall–Kier alpha value is -0.290. The second-order valence-electron chi connectivity index (χ2n) is 1.60. The highest BCUT2D eigenvalue weighted by Crippen LogP contribution is 2.12. The SMILES string of the molecule is O=C(O)C(F)SCCCO. The van der Waals surface area contributed by atoms with E-state index in [1.54, 1.807) is 0 Å². The Labute approximate surface area is 62.2 Å². The van der Waals surface area contributed by atoms with Crippen molar-refractivity contribution >= 4 is 17.7 Å². The molecular formula is C5H9FO3S. The molecule has 5 heteroatoms. The van der Waals surface area contributed by atoms with Gasteiger partial charge in [-0.1, -0.05) is 0 Å². The zero-order valence-corrected chi connectivity index (χ0v) is 6.10. The van der Waals surface area contributed by atoms with Crippen LogP contribution in [0.3, 0.4) is 0 Å². The average Bonchev–Trinajstić information content (AvgIpc) is 1.88. The van der Waals surface area contributed by atoms with Crippen LogP contribution in [0.5, 0.6) is 0 Å². The van der Waals surface area contributed by atoms with E-state index in [9.17, 15) is 9.18 Å². The molecule has 0 aliphatic heterocycles. The fourth-order valence-corrected chi connectivity index (χ4v) is 0.968. The Bertz CT molecular complexity index is 109. The van der Waals surface area contributed by atoms with E-state index >= 15 is 0 Å². The van der Waals surface area contributed by atoms with Crippen LogP contribution in [-0.4, -0.2) is 34.0 Å². The summed E-state index contributed by atoms with van der Waals surface area (Å²) in [6.07, 6.45) is 0.429. The molecule has 0 spiro atoms. The van der Waals surface area contributed by atoms with Crippen molar-refractivity contribution in [3.63, 3.8) is 0 Å². The molecule has 3 nitrogen and oxygen atoms in total. The van der Waals surface area contributed by atoms with Gasteiger partial charge in [0, 0.05) is 6.61 Å². The minimum absolute atomic E-state index is 0.0284. The molecule has 1 atom stereocenters. The number of aliphatic carboxylic acids is 1. The van der Waals surface area contributed by atoms with E-state index in [1.165, 1.54) is 0 Å². The third-order valence-corrected chi connectivity index (χ3v) is 1.78. The number of hydrogen-bond acceptors (Lipinski definition) is 3. The van der Waals surface area contributed by atoms with Crippen molar-refractivity contribution in [2.75, 3.05) is 12.4 Å². The van der Waals surface area contributed by atoms with Crippen molar-refractivity contribution in [3.8, 4) is 0 Å². The second kappa shape index (κ2) is 5.49. The predicted molar refractivity (Wildman–Crippen MR) is 36.7 cm³/mol. The molecule has 0 amide bonds. The van der Waals surface area contributed by atoms with Crippen LogP contribution in [0.25, 0.3) is 0 Å². The highest BCUT2D eigenvalue weighted by atomic mass is 32.2. The molecule has 0 bridgehead atoms. The Kier molecular flexibility index (Phi) is 5.33. The summed E-state index contributed by atoms with van der Waals surface area (Å²) < 4.78 is 12.1. The molecule has 0 aromatic carbocycles. The molecule has 0 saturated carbocycles. The Morgan fingerprint density at radius 3 is 2.70 bits per heavy atom. The highest BCUT2D eigenvalue weighted by Gasteiger charge is 2.14. The van der Waals surface area contributed by atoms with Crippen LogP contribution < -0.4 is 0 Å². The first-order valence-corrected chi connectivity index (χ1v) is 3.82. The van der Waals surface area contributed by atoms with E-state index in [1.807, 2.05) is 0 Å². The van der Waals surface area contributed by atoms with Crippen LogP contribution in [0.2, 0.25) is 0 Å². The van der Waals surface area contributed by atoms with Gasteiger partial charge in [0.2, 0.25) is 5.50 Å². The number of thioether (sulfide) groups is 1. The summed E-state index contributed by atoms with van der Waals surface area (Å²) in [5, 5.41) is 16.3. The smallest absolute Gasteiger partial charge is 0.348 e. The van der Waals surface area contributed by atoms with Crippen molar-refractivity contribution < 1.29 is 19.4 Å². The molecule has 60 valence electrons. The van der Waals surface area contributed by atoms with E-state index in [0.717, 1.165) is 0 Å². The number of carboxylic acid groups (broad SMARTS) is 1. The Balaban J connectivity index is 3.21. The molecule has 0 aliphatic rings. The van der Waals surface area contributed by atoms with E-state index in [0.29, 0.717) is 23.9 Å². The molecule has 0 rings (SSSR count). The summed E-state index contributed by atoms with van der Waals surface area (Å²) in [6.45, 7) is -0.0284. The van der Waals surface area contributed by atoms with Gasteiger partial charge in [-0.2, -0.15) is 0 Å². The minimum atomic E-state index is -1.86. The highest BCUT2D eigenvalue weighted by molar-refractivity contribution is 8.00. The standard InChI is InChI=1S/C5H9FO3S/c6-4(5(8)9)10-3-1-2-7/h4,7H,1-3H2,(H,8,9). The first-order valence-electron chi connectivity index (χ1n) is 2.78. The number of hydrogen-bond donors (Lipinski definition) is 2. The molecule has 10 heavy (non-hydrogen) atoms. The molecule has 1 unspecified atom stereocenters. The monoisotopic (exact) mass is 168 g/mol. The fraction of sp³-hybridized carbons (Fsp3) is 0.800. The third kappa shape index (κ3) is 4.58. The van der Waals surface area contributed by atoms with Gasteiger partial charge in [-0.05, 0) is 12.2 Å². The number of alkyl halides is 1. The number of aliphatic hydroxyl groups is 1. The summed E-state index contributed by atoms with van der Waals surface area (Å²) in [7, 11) is 0. The van der Waals surface area contributed by atoms with Gasteiger partial charge >= 0.3 is 5.97 Å². The van der Waals surface area contributed by atoms with Gasteiger partial charge in [0.05, 0.1) is 0 Å². The molecule has 0 fully saturated rings. The third-order valence-electron chi connectivity index (χ3n) is 0.761. The van der Waals surface area contributed by atoms with Crippen LogP contribution in [0.15, 0.2) is 0 Å². The maximum Gasteiger partial charge on any atom is 0.348 e.